The number of ether oxygens (including phenoxy) is 2. The van der Waals surface area contributed by atoms with Crippen LogP contribution in [0.15, 0.2) is 43.5 Å². The molecule has 0 heterocycles. The molecule has 0 aliphatic carbocycles. The SMILES string of the molecule is C=CCc1cccc(OC)c1C(=O)O[C@@H](CCO[Si](C)(C)C(C)(C)C)C[C@H](O[Si](C)(C)C(C)(C)C)[C@H](C)CC=C. The molecule has 0 aromatic heterocycles. The van der Waals surface area contributed by atoms with Gasteiger partial charge in [-0.1, -0.05) is 72.8 Å². The second-order valence-corrected chi connectivity index (χ2v) is 23.6. The van der Waals surface area contributed by atoms with Crippen LogP contribution in [0.3, 0.4) is 0 Å². The number of carbonyl (C=O) groups excluding carboxylic acids is 1. The first kappa shape index (κ1) is 36.3. The fraction of sp³-hybridized carbons (Fsp3) is 0.667. The zero-order valence-corrected chi connectivity index (χ0v) is 29.6. The van der Waals surface area contributed by atoms with Crippen LogP contribution in [0.2, 0.25) is 36.3 Å². The minimum absolute atomic E-state index is 0.0633. The van der Waals surface area contributed by atoms with Crippen molar-refractivity contribution in [1.82, 2.24) is 0 Å². The quantitative estimate of drug-likeness (QED) is 0.109. The summed E-state index contributed by atoms with van der Waals surface area (Å²) in [6.07, 6.45) is 5.86. The fourth-order valence-corrected chi connectivity index (χ4v) is 6.53. The van der Waals surface area contributed by atoms with E-state index in [1.807, 2.05) is 18.2 Å². The van der Waals surface area contributed by atoms with Gasteiger partial charge in [0.05, 0.1) is 13.2 Å². The van der Waals surface area contributed by atoms with Gasteiger partial charge in [0.1, 0.15) is 17.4 Å². The van der Waals surface area contributed by atoms with E-state index in [1.165, 1.54) is 0 Å². The molecule has 1 aromatic rings. The summed E-state index contributed by atoms with van der Waals surface area (Å²) in [6.45, 7) is 33.1. The van der Waals surface area contributed by atoms with E-state index >= 15 is 0 Å². The number of methoxy groups -OCH3 is 1. The summed E-state index contributed by atoms with van der Waals surface area (Å²) >= 11 is 0. The van der Waals surface area contributed by atoms with Crippen molar-refractivity contribution in [3.05, 3.63) is 54.6 Å². The molecule has 5 nitrogen and oxygen atoms in total. The van der Waals surface area contributed by atoms with Gasteiger partial charge < -0.3 is 18.3 Å². The van der Waals surface area contributed by atoms with E-state index in [1.54, 1.807) is 19.3 Å². The van der Waals surface area contributed by atoms with Crippen LogP contribution in [0, 0.1) is 5.92 Å². The van der Waals surface area contributed by atoms with Crippen molar-refractivity contribution in [1.29, 1.82) is 0 Å². The van der Waals surface area contributed by atoms with Crippen LogP contribution in [0.4, 0.5) is 0 Å². The number of rotatable bonds is 16. The van der Waals surface area contributed by atoms with E-state index in [0.29, 0.717) is 37.2 Å². The molecular weight excluding hydrogens is 533 g/mol. The maximum Gasteiger partial charge on any atom is 0.342 e. The Hall–Kier alpha value is -1.68. The number of allylic oxidation sites excluding steroid dienone is 2. The topological polar surface area (TPSA) is 54.0 Å². The highest BCUT2D eigenvalue weighted by atomic mass is 28.4. The molecule has 0 unspecified atom stereocenters. The number of benzene rings is 1. The summed E-state index contributed by atoms with van der Waals surface area (Å²) in [5.74, 6) is 0.362. The first-order valence-corrected chi connectivity index (χ1v) is 20.5. The Kier molecular flexibility index (Phi) is 13.6. The van der Waals surface area contributed by atoms with Crippen LogP contribution < -0.4 is 4.74 Å². The maximum absolute atomic E-state index is 13.8. The summed E-state index contributed by atoms with van der Waals surface area (Å²) in [5, 5.41) is 0.163. The number of hydrogen-bond donors (Lipinski definition) is 0. The van der Waals surface area contributed by atoms with E-state index in [4.69, 9.17) is 18.3 Å². The Morgan fingerprint density at radius 1 is 0.975 bits per heavy atom. The molecule has 0 radical (unpaired) electrons. The molecule has 0 spiro atoms. The summed E-state index contributed by atoms with van der Waals surface area (Å²) in [6, 6.07) is 5.61. The first-order chi connectivity index (χ1) is 18.3. The molecule has 0 saturated heterocycles. The Bertz CT molecular complexity index is 972. The molecule has 1 aromatic carbocycles. The van der Waals surface area contributed by atoms with Gasteiger partial charge in [0.25, 0.3) is 0 Å². The Morgan fingerprint density at radius 3 is 2.08 bits per heavy atom. The van der Waals surface area contributed by atoms with Gasteiger partial charge in [-0.2, -0.15) is 0 Å². The Morgan fingerprint density at radius 2 is 1.57 bits per heavy atom. The first-order valence-electron chi connectivity index (χ1n) is 14.7. The van der Waals surface area contributed by atoms with Crippen molar-refractivity contribution >= 4 is 22.6 Å². The third-order valence-corrected chi connectivity index (χ3v) is 17.8. The molecule has 0 amide bonds. The van der Waals surface area contributed by atoms with E-state index < -0.39 is 16.6 Å². The van der Waals surface area contributed by atoms with Gasteiger partial charge in [0.15, 0.2) is 16.6 Å². The van der Waals surface area contributed by atoms with Gasteiger partial charge in [0, 0.05) is 19.4 Å². The summed E-state index contributed by atoms with van der Waals surface area (Å²) in [5.41, 5.74) is 1.30. The lowest BCUT2D eigenvalue weighted by Gasteiger charge is -2.42. The van der Waals surface area contributed by atoms with Gasteiger partial charge in [0.2, 0.25) is 0 Å². The van der Waals surface area contributed by atoms with Crippen molar-refractivity contribution in [3.8, 4) is 5.75 Å². The van der Waals surface area contributed by atoms with Gasteiger partial charge >= 0.3 is 5.97 Å². The Balaban J connectivity index is 3.40. The minimum Gasteiger partial charge on any atom is -0.496 e. The zero-order chi connectivity index (χ0) is 30.9. The average molecular weight is 591 g/mol. The van der Waals surface area contributed by atoms with Gasteiger partial charge in [-0.3, -0.25) is 0 Å². The van der Waals surface area contributed by atoms with E-state index in [9.17, 15) is 4.79 Å². The maximum atomic E-state index is 13.8. The normalized spacial score (nSPS) is 15.2. The second-order valence-electron chi connectivity index (χ2n) is 14.1. The van der Waals surface area contributed by atoms with Crippen LogP contribution >= 0.6 is 0 Å². The smallest absolute Gasteiger partial charge is 0.342 e. The molecule has 0 fully saturated rings. The number of hydrogen-bond acceptors (Lipinski definition) is 5. The molecule has 0 aliphatic rings. The number of carbonyl (C=O) groups is 1. The summed E-state index contributed by atoms with van der Waals surface area (Å²) < 4.78 is 25.4. The summed E-state index contributed by atoms with van der Waals surface area (Å²) in [4.78, 5) is 13.8. The third-order valence-electron chi connectivity index (χ3n) is 8.80. The van der Waals surface area contributed by atoms with Crippen LogP contribution in [-0.4, -0.2) is 48.5 Å². The highest BCUT2D eigenvalue weighted by Gasteiger charge is 2.41. The van der Waals surface area contributed by atoms with Crippen LogP contribution in [0.1, 0.15) is 83.7 Å². The van der Waals surface area contributed by atoms with Crippen LogP contribution in [0.25, 0.3) is 0 Å². The third kappa shape index (κ3) is 10.3. The predicted molar refractivity (Wildman–Crippen MR) is 175 cm³/mol. The number of esters is 1. The largest absolute Gasteiger partial charge is 0.496 e. The molecule has 3 atom stereocenters. The second kappa shape index (κ2) is 15.0. The highest BCUT2D eigenvalue weighted by Crippen LogP contribution is 2.40. The summed E-state index contributed by atoms with van der Waals surface area (Å²) in [7, 11) is -2.46. The zero-order valence-electron chi connectivity index (χ0n) is 27.6. The van der Waals surface area contributed by atoms with Crippen LogP contribution in [0.5, 0.6) is 5.75 Å². The molecule has 0 N–H and O–H groups in total. The lowest BCUT2D eigenvalue weighted by Crippen LogP contribution is -2.46. The molecule has 0 bridgehead atoms. The van der Waals surface area contributed by atoms with E-state index in [2.05, 4.69) is 87.8 Å². The standard InChI is InChI=1S/C33H58O5Si2/c1-15-18-25(3)29(38-40(13,14)33(7,8)9)24-27(22-23-36-39(11,12)32(4,5)6)37-31(34)30-26(19-16-2)20-17-21-28(30)35-10/h15-17,20-21,25,27,29H,1-2,18-19,22-24H2,3-14H3/t25-,27+,29+/m1/s1. The van der Waals surface area contributed by atoms with Crippen molar-refractivity contribution in [2.24, 2.45) is 5.92 Å². The average Bonchev–Trinajstić information content (AvgIpc) is 2.81. The Labute approximate surface area is 248 Å². The van der Waals surface area contributed by atoms with Gasteiger partial charge in [-0.15, -0.1) is 13.2 Å². The van der Waals surface area contributed by atoms with Crippen LogP contribution in [-0.2, 0) is 20.0 Å². The minimum atomic E-state index is -2.08. The van der Waals surface area contributed by atoms with Crippen molar-refractivity contribution in [3.63, 3.8) is 0 Å². The molecule has 0 saturated carbocycles. The van der Waals surface area contributed by atoms with Crippen molar-refractivity contribution in [2.75, 3.05) is 13.7 Å². The van der Waals surface area contributed by atoms with Gasteiger partial charge in [-0.25, -0.2) is 4.79 Å². The lowest BCUT2D eigenvalue weighted by atomic mass is 9.95. The lowest BCUT2D eigenvalue weighted by molar-refractivity contribution is 0.00205. The van der Waals surface area contributed by atoms with Crippen molar-refractivity contribution < 1.29 is 23.1 Å². The van der Waals surface area contributed by atoms with E-state index in [0.717, 1.165) is 12.0 Å². The highest BCUT2D eigenvalue weighted by molar-refractivity contribution is 6.74. The molecule has 40 heavy (non-hydrogen) atoms. The molecule has 7 heteroatoms. The fourth-order valence-electron chi connectivity index (χ4n) is 4.03. The van der Waals surface area contributed by atoms with Crippen molar-refractivity contribution in [2.45, 2.75) is 123 Å². The molecular formula is C33H58O5Si2. The molecule has 1 rings (SSSR count). The monoisotopic (exact) mass is 590 g/mol. The molecule has 0 aliphatic heterocycles. The van der Waals surface area contributed by atoms with E-state index in [-0.39, 0.29) is 34.2 Å². The predicted octanol–water partition coefficient (Wildman–Crippen LogP) is 9.35. The van der Waals surface area contributed by atoms with Gasteiger partial charge in [-0.05, 0) is 66.7 Å². The molecule has 228 valence electrons.